The maximum atomic E-state index is 12.3. The second-order valence-corrected chi connectivity index (χ2v) is 6.04. The van der Waals surface area contributed by atoms with Crippen LogP contribution in [0.5, 0.6) is 0 Å². The van der Waals surface area contributed by atoms with Crippen molar-refractivity contribution in [1.29, 1.82) is 0 Å². The highest BCUT2D eigenvalue weighted by atomic mass is 16.5. The van der Waals surface area contributed by atoms with Crippen LogP contribution in [0.15, 0.2) is 42.5 Å². The highest BCUT2D eigenvalue weighted by Gasteiger charge is 2.15. The maximum absolute atomic E-state index is 12.3. The molecule has 0 bridgehead atoms. The number of esters is 1. The first-order chi connectivity index (χ1) is 12.4. The predicted octanol–water partition coefficient (Wildman–Crippen LogP) is 4.08. The molecule has 0 spiro atoms. The molecule has 0 saturated carbocycles. The topological polar surface area (TPSA) is 72.5 Å². The zero-order chi connectivity index (χ0) is 19.1. The number of aryl methyl sites for hydroxylation is 2. The SMILES string of the molecule is CCOC(=O)c1ccccc1NC(=O)CCC(=O)c1ccc(C)c(C)c1. The molecule has 1 N–H and O–H groups in total. The molecule has 0 aliphatic rings. The Morgan fingerprint density at radius 2 is 1.69 bits per heavy atom. The zero-order valence-electron chi connectivity index (χ0n) is 15.3. The molecule has 0 unspecified atom stereocenters. The number of rotatable bonds is 7. The van der Waals surface area contributed by atoms with Gasteiger partial charge in [-0.15, -0.1) is 0 Å². The van der Waals surface area contributed by atoms with Crippen molar-refractivity contribution in [3.63, 3.8) is 0 Å². The fraction of sp³-hybridized carbons (Fsp3) is 0.286. The molecule has 2 aromatic rings. The molecule has 0 aliphatic carbocycles. The number of anilines is 1. The smallest absolute Gasteiger partial charge is 0.340 e. The third-order valence-electron chi connectivity index (χ3n) is 4.10. The van der Waals surface area contributed by atoms with Crippen LogP contribution in [-0.2, 0) is 9.53 Å². The lowest BCUT2D eigenvalue weighted by Crippen LogP contribution is -2.16. The van der Waals surface area contributed by atoms with Gasteiger partial charge < -0.3 is 10.1 Å². The van der Waals surface area contributed by atoms with Crippen molar-refractivity contribution in [2.75, 3.05) is 11.9 Å². The van der Waals surface area contributed by atoms with Gasteiger partial charge in [0.2, 0.25) is 5.91 Å². The molecule has 2 aromatic carbocycles. The number of hydrogen-bond acceptors (Lipinski definition) is 4. The van der Waals surface area contributed by atoms with Gasteiger partial charge >= 0.3 is 5.97 Å². The summed E-state index contributed by atoms with van der Waals surface area (Å²) in [4.78, 5) is 36.4. The molecule has 0 atom stereocenters. The number of para-hydroxylation sites is 1. The van der Waals surface area contributed by atoms with E-state index < -0.39 is 5.97 Å². The van der Waals surface area contributed by atoms with Gasteiger partial charge in [-0.25, -0.2) is 4.79 Å². The summed E-state index contributed by atoms with van der Waals surface area (Å²) in [5.41, 5.74) is 3.45. The Hall–Kier alpha value is -2.95. The molecular formula is C21H23NO4. The summed E-state index contributed by atoms with van der Waals surface area (Å²) in [6, 6.07) is 12.2. The van der Waals surface area contributed by atoms with Crippen molar-refractivity contribution in [3.05, 3.63) is 64.7 Å². The van der Waals surface area contributed by atoms with E-state index in [9.17, 15) is 14.4 Å². The van der Waals surface area contributed by atoms with Crippen molar-refractivity contribution in [2.24, 2.45) is 0 Å². The molecule has 0 heterocycles. The molecule has 1 amide bonds. The summed E-state index contributed by atoms with van der Waals surface area (Å²) >= 11 is 0. The highest BCUT2D eigenvalue weighted by Crippen LogP contribution is 2.17. The fourth-order valence-electron chi connectivity index (χ4n) is 2.48. The normalized spacial score (nSPS) is 10.3. The van der Waals surface area contributed by atoms with Gasteiger partial charge in [-0.1, -0.05) is 24.3 Å². The molecule has 136 valence electrons. The Balaban J connectivity index is 1.98. The molecule has 0 radical (unpaired) electrons. The number of benzene rings is 2. The molecule has 0 saturated heterocycles. The van der Waals surface area contributed by atoms with Crippen molar-refractivity contribution in [3.8, 4) is 0 Å². The second kappa shape index (κ2) is 8.94. The number of amides is 1. The lowest BCUT2D eigenvalue weighted by molar-refractivity contribution is -0.116. The first kappa shape index (κ1) is 19.4. The van der Waals surface area contributed by atoms with E-state index in [1.807, 2.05) is 26.0 Å². The van der Waals surface area contributed by atoms with E-state index in [1.54, 1.807) is 37.3 Å². The van der Waals surface area contributed by atoms with Crippen molar-refractivity contribution in [2.45, 2.75) is 33.6 Å². The third kappa shape index (κ3) is 5.02. The number of hydrogen-bond donors (Lipinski definition) is 1. The van der Waals surface area contributed by atoms with Crippen LogP contribution in [0.1, 0.15) is 51.6 Å². The fourth-order valence-corrected chi connectivity index (χ4v) is 2.48. The molecule has 0 fully saturated rings. The first-order valence-electron chi connectivity index (χ1n) is 8.58. The summed E-state index contributed by atoms with van der Waals surface area (Å²) in [6.45, 7) is 5.91. The van der Waals surface area contributed by atoms with Gasteiger partial charge in [-0.3, -0.25) is 9.59 Å². The van der Waals surface area contributed by atoms with Crippen molar-refractivity contribution < 1.29 is 19.1 Å². The van der Waals surface area contributed by atoms with E-state index in [-0.39, 0.29) is 31.1 Å². The van der Waals surface area contributed by atoms with E-state index in [0.29, 0.717) is 16.8 Å². The molecule has 0 aromatic heterocycles. The largest absolute Gasteiger partial charge is 0.462 e. The van der Waals surface area contributed by atoms with Crippen molar-refractivity contribution in [1.82, 2.24) is 0 Å². The van der Waals surface area contributed by atoms with Gasteiger partial charge in [-0.2, -0.15) is 0 Å². The minimum Gasteiger partial charge on any atom is -0.462 e. The van der Waals surface area contributed by atoms with Crippen molar-refractivity contribution >= 4 is 23.3 Å². The average Bonchev–Trinajstić information content (AvgIpc) is 2.62. The number of ketones is 1. The lowest BCUT2D eigenvalue weighted by atomic mass is 10.0. The molecule has 2 rings (SSSR count). The number of ether oxygens (including phenoxy) is 1. The summed E-state index contributed by atoms with van der Waals surface area (Å²) in [5.74, 6) is -0.893. The van der Waals surface area contributed by atoms with E-state index in [2.05, 4.69) is 5.32 Å². The number of nitrogens with one attached hydrogen (secondary N) is 1. The van der Waals surface area contributed by atoms with Gasteiger partial charge in [0.1, 0.15) is 0 Å². The minimum atomic E-state index is -0.491. The summed E-state index contributed by atoms with van der Waals surface area (Å²) in [7, 11) is 0. The van der Waals surface area contributed by atoms with Gasteiger partial charge in [0.05, 0.1) is 17.9 Å². The Kier molecular flexibility index (Phi) is 6.67. The Morgan fingerprint density at radius 1 is 0.962 bits per heavy atom. The van der Waals surface area contributed by atoms with Gasteiger partial charge in [0.25, 0.3) is 0 Å². The highest BCUT2D eigenvalue weighted by molar-refractivity contribution is 6.03. The number of Topliss-reactive ketones (excluding diaryl/α,β-unsaturated/α-hetero) is 1. The van der Waals surface area contributed by atoms with Gasteiger partial charge in [-0.05, 0) is 50.1 Å². The van der Waals surface area contributed by atoms with Crippen LogP contribution < -0.4 is 5.32 Å². The summed E-state index contributed by atoms with van der Waals surface area (Å²) in [6.07, 6.45) is 0.152. The van der Waals surface area contributed by atoms with Crippen LogP contribution >= 0.6 is 0 Å². The van der Waals surface area contributed by atoms with Crippen LogP contribution in [0.3, 0.4) is 0 Å². The van der Waals surface area contributed by atoms with Crippen LogP contribution in [-0.4, -0.2) is 24.3 Å². The van der Waals surface area contributed by atoms with Crippen LogP contribution in [0, 0.1) is 13.8 Å². The van der Waals surface area contributed by atoms with Gasteiger partial charge in [0.15, 0.2) is 5.78 Å². The Morgan fingerprint density at radius 3 is 2.38 bits per heavy atom. The van der Waals surface area contributed by atoms with E-state index in [1.165, 1.54) is 0 Å². The zero-order valence-corrected chi connectivity index (χ0v) is 15.3. The summed E-state index contributed by atoms with van der Waals surface area (Å²) in [5, 5.41) is 2.69. The molecule has 0 aliphatic heterocycles. The van der Waals surface area contributed by atoms with Gasteiger partial charge in [0, 0.05) is 18.4 Å². The lowest BCUT2D eigenvalue weighted by Gasteiger charge is -2.10. The number of carbonyl (C=O) groups excluding carboxylic acids is 3. The predicted molar refractivity (Wildman–Crippen MR) is 101 cm³/mol. The molecular weight excluding hydrogens is 330 g/mol. The van der Waals surface area contributed by atoms with Crippen LogP contribution in [0.2, 0.25) is 0 Å². The first-order valence-corrected chi connectivity index (χ1v) is 8.58. The van der Waals surface area contributed by atoms with Crippen LogP contribution in [0.25, 0.3) is 0 Å². The molecule has 26 heavy (non-hydrogen) atoms. The quantitative estimate of drug-likeness (QED) is 0.601. The van der Waals surface area contributed by atoms with Crippen LogP contribution in [0.4, 0.5) is 5.69 Å². The molecule has 5 heteroatoms. The Bertz CT molecular complexity index is 827. The maximum Gasteiger partial charge on any atom is 0.340 e. The third-order valence-corrected chi connectivity index (χ3v) is 4.10. The number of carbonyl (C=O) groups is 3. The standard InChI is InChI=1S/C21H23NO4/c1-4-26-21(25)17-7-5-6-8-18(17)22-20(24)12-11-19(23)16-10-9-14(2)15(3)13-16/h5-10,13H,4,11-12H2,1-3H3,(H,22,24). The minimum absolute atomic E-state index is 0.0446. The van der Waals surface area contributed by atoms with E-state index in [4.69, 9.17) is 4.74 Å². The molecule has 5 nitrogen and oxygen atoms in total. The average molecular weight is 353 g/mol. The Labute approximate surface area is 153 Å². The monoisotopic (exact) mass is 353 g/mol. The van der Waals surface area contributed by atoms with E-state index in [0.717, 1.165) is 11.1 Å². The van der Waals surface area contributed by atoms with E-state index >= 15 is 0 Å². The second-order valence-electron chi connectivity index (χ2n) is 6.04. The summed E-state index contributed by atoms with van der Waals surface area (Å²) < 4.78 is 4.98.